The van der Waals surface area contributed by atoms with Crippen molar-refractivity contribution in [3.8, 4) is 0 Å². The van der Waals surface area contributed by atoms with E-state index in [-0.39, 0.29) is 13.0 Å². The average molecular weight is 390 g/mol. The number of carbonyl (C=O) groups is 2. The van der Waals surface area contributed by atoms with Crippen LogP contribution >= 0.6 is 0 Å². The molecule has 0 aliphatic heterocycles. The monoisotopic (exact) mass is 390 g/mol. The van der Waals surface area contributed by atoms with Crippen LogP contribution < -0.4 is 10.0 Å². The van der Waals surface area contributed by atoms with Gasteiger partial charge in [0.15, 0.2) is 0 Å². The van der Waals surface area contributed by atoms with Gasteiger partial charge in [-0.1, -0.05) is 26.0 Å². The summed E-state index contributed by atoms with van der Waals surface area (Å²) in [5.74, 6) is -3.54. The second-order valence-corrected chi connectivity index (χ2v) is 7.64. The van der Waals surface area contributed by atoms with Crippen LogP contribution in [0.15, 0.2) is 29.2 Å². The number of amides is 1. The molecule has 1 aromatic carbocycles. The van der Waals surface area contributed by atoms with Crippen LogP contribution in [0.4, 0.5) is 4.39 Å². The lowest BCUT2D eigenvalue weighted by Crippen LogP contribution is -2.53. The largest absolute Gasteiger partial charge is 0.480 e. The molecule has 8 nitrogen and oxygen atoms in total. The van der Waals surface area contributed by atoms with E-state index in [1.165, 1.54) is 19.2 Å². The SMILES string of the molecule is COCCC(NC(=O)C(NS(=O)(=O)c1ccccc1F)C(C)C)C(=O)O. The number of nitrogens with one attached hydrogen (secondary N) is 2. The highest BCUT2D eigenvalue weighted by Gasteiger charge is 2.32. The molecule has 0 aromatic heterocycles. The third kappa shape index (κ3) is 6.04. The summed E-state index contributed by atoms with van der Waals surface area (Å²) in [6.07, 6.45) is 0.0163. The molecule has 2 atom stereocenters. The zero-order chi connectivity index (χ0) is 19.9. The quantitative estimate of drug-likeness (QED) is 0.542. The van der Waals surface area contributed by atoms with Gasteiger partial charge in [0.2, 0.25) is 15.9 Å². The minimum absolute atomic E-state index is 0.0163. The van der Waals surface area contributed by atoms with Gasteiger partial charge >= 0.3 is 5.97 Å². The van der Waals surface area contributed by atoms with Crippen LogP contribution in [0.5, 0.6) is 0 Å². The molecular formula is C16H23FN2O6S. The van der Waals surface area contributed by atoms with Gasteiger partial charge in [-0.2, -0.15) is 4.72 Å². The first-order chi connectivity index (χ1) is 12.1. The van der Waals surface area contributed by atoms with Crippen molar-refractivity contribution < 1.29 is 32.2 Å². The Hall–Kier alpha value is -2.04. The number of sulfonamides is 1. The fourth-order valence-corrected chi connectivity index (χ4v) is 3.56. The number of hydrogen-bond donors (Lipinski definition) is 3. The van der Waals surface area contributed by atoms with Crippen molar-refractivity contribution in [3.05, 3.63) is 30.1 Å². The topological polar surface area (TPSA) is 122 Å². The molecule has 0 heterocycles. The lowest BCUT2D eigenvalue weighted by Gasteiger charge is -2.24. The highest BCUT2D eigenvalue weighted by Crippen LogP contribution is 2.15. The van der Waals surface area contributed by atoms with Crippen molar-refractivity contribution in [2.24, 2.45) is 5.92 Å². The number of carboxylic acid groups (broad SMARTS) is 1. The Morgan fingerprint density at radius 2 is 1.88 bits per heavy atom. The van der Waals surface area contributed by atoms with E-state index >= 15 is 0 Å². The molecule has 0 saturated heterocycles. The summed E-state index contributed by atoms with van der Waals surface area (Å²) in [4.78, 5) is 23.1. The second-order valence-electron chi connectivity index (χ2n) is 5.95. The summed E-state index contributed by atoms with van der Waals surface area (Å²) in [6.45, 7) is 3.27. The molecule has 1 aromatic rings. The molecule has 0 aliphatic rings. The predicted molar refractivity (Wildman–Crippen MR) is 91.4 cm³/mol. The zero-order valence-electron chi connectivity index (χ0n) is 14.7. The lowest BCUT2D eigenvalue weighted by molar-refractivity contribution is -0.142. The Morgan fingerprint density at radius 3 is 2.38 bits per heavy atom. The van der Waals surface area contributed by atoms with Crippen LogP contribution in [0.1, 0.15) is 20.3 Å². The van der Waals surface area contributed by atoms with E-state index in [1.807, 2.05) is 0 Å². The molecule has 2 unspecified atom stereocenters. The van der Waals surface area contributed by atoms with Crippen LogP contribution in [-0.4, -0.2) is 51.2 Å². The van der Waals surface area contributed by atoms with Crippen LogP contribution in [0.3, 0.4) is 0 Å². The van der Waals surface area contributed by atoms with Crippen LogP contribution in [-0.2, 0) is 24.3 Å². The Bertz CT molecular complexity index is 738. The number of halogens is 1. The lowest BCUT2D eigenvalue weighted by atomic mass is 10.0. The van der Waals surface area contributed by atoms with Crippen molar-refractivity contribution >= 4 is 21.9 Å². The Morgan fingerprint density at radius 1 is 1.27 bits per heavy atom. The molecule has 0 radical (unpaired) electrons. The van der Waals surface area contributed by atoms with E-state index in [9.17, 15) is 22.4 Å². The smallest absolute Gasteiger partial charge is 0.326 e. The van der Waals surface area contributed by atoms with E-state index in [0.29, 0.717) is 0 Å². The van der Waals surface area contributed by atoms with Gasteiger partial charge in [0.1, 0.15) is 22.8 Å². The van der Waals surface area contributed by atoms with Gasteiger partial charge in [0, 0.05) is 20.1 Å². The van der Waals surface area contributed by atoms with E-state index in [1.54, 1.807) is 13.8 Å². The number of benzene rings is 1. The summed E-state index contributed by atoms with van der Waals surface area (Å²) in [5.41, 5.74) is 0. The maximum Gasteiger partial charge on any atom is 0.326 e. The summed E-state index contributed by atoms with van der Waals surface area (Å²) in [5, 5.41) is 11.4. The van der Waals surface area contributed by atoms with Gasteiger partial charge in [-0.3, -0.25) is 4.79 Å². The molecule has 3 N–H and O–H groups in total. The summed E-state index contributed by atoms with van der Waals surface area (Å²) in [7, 11) is -2.92. The molecule has 1 rings (SSSR count). The Kier molecular flexibility index (Phi) is 8.12. The standard InChI is InChI=1S/C16H23FN2O6S/c1-10(2)14(15(20)18-12(16(21)22)8-9-25-3)19-26(23,24)13-7-5-4-6-11(13)17/h4-7,10,12,14,19H,8-9H2,1-3H3,(H,18,20)(H,21,22). The third-order valence-electron chi connectivity index (χ3n) is 3.58. The molecule has 0 bridgehead atoms. The first-order valence-corrected chi connectivity index (χ1v) is 9.37. The molecular weight excluding hydrogens is 367 g/mol. The van der Waals surface area contributed by atoms with Gasteiger partial charge in [0.25, 0.3) is 0 Å². The van der Waals surface area contributed by atoms with E-state index in [0.717, 1.165) is 12.1 Å². The first kappa shape index (κ1) is 22.0. The molecule has 146 valence electrons. The number of aliphatic carboxylic acids is 1. The maximum absolute atomic E-state index is 13.8. The number of carbonyl (C=O) groups excluding carboxylic acids is 1. The molecule has 0 saturated carbocycles. The van der Waals surface area contributed by atoms with Gasteiger partial charge in [-0.15, -0.1) is 0 Å². The number of ether oxygens (including phenoxy) is 1. The Labute approximate surface area is 151 Å². The summed E-state index contributed by atoms with van der Waals surface area (Å²) < 4.78 is 45.5. The molecule has 0 spiro atoms. The van der Waals surface area contributed by atoms with Crippen LogP contribution in [0, 0.1) is 11.7 Å². The Balaban J connectivity index is 2.99. The van der Waals surface area contributed by atoms with Crippen molar-refractivity contribution in [2.75, 3.05) is 13.7 Å². The van der Waals surface area contributed by atoms with Crippen LogP contribution in [0.2, 0.25) is 0 Å². The van der Waals surface area contributed by atoms with Crippen LogP contribution in [0.25, 0.3) is 0 Å². The minimum Gasteiger partial charge on any atom is -0.480 e. The number of carboxylic acids is 1. The first-order valence-electron chi connectivity index (χ1n) is 7.89. The van der Waals surface area contributed by atoms with E-state index in [4.69, 9.17) is 9.84 Å². The number of hydrogen-bond acceptors (Lipinski definition) is 5. The zero-order valence-corrected chi connectivity index (χ0v) is 15.5. The van der Waals surface area contributed by atoms with Gasteiger partial charge < -0.3 is 15.2 Å². The summed E-state index contributed by atoms with van der Waals surface area (Å²) in [6, 6.07) is 2.25. The third-order valence-corrected chi connectivity index (χ3v) is 5.06. The average Bonchev–Trinajstić information content (AvgIpc) is 2.56. The maximum atomic E-state index is 13.8. The van der Waals surface area contributed by atoms with Crippen molar-refractivity contribution in [1.29, 1.82) is 0 Å². The van der Waals surface area contributed by atoms with E-state index < -0.39 is 50.6 Å². The fraction of sp³-hybridized carbons (Fsp3) is 0.500. The van der Waals surface area contributed by atoms with Crippen molar-refractivity contribution in [2.45, 2.75) is 37.2 Å². The number of methoxy groups -OCH3 is 1. The van der Waals surface area contributed by atoms with Crippen molar-refractivity contribution in [1.82, 2.24) is 10.0 Å². The minimum atomic E-state index is -4.31. The highest BCUT2D eigenvalue weighted by atomic mass is 32.2. The summed E-state index contributed by atoms with van der Waals surface area (Å²) >= 11 is 0. The van der Waals surface area contributed by atoms with Crippen molar-refractivity contribution in [3.63, 3.8) is 0 Å². The van der Waals surface area contributed by atoms with Gasteiger partial charge in [-0.25, -0.2) is 17.6 Å². The predicted octanol–water partition coefficient (Wildman–Crippen LogP) is 0.735. The van der Waals surface area contributed by atoms with Gasteiger partial charge in [0.05, 0.1) is 0 Å². The molecule has 0 aliphatic carbocycles. The normalized spacial score (nSPS) is 14.0. The van der Waals surface area contributed by atoms with E-state index in [2.05, 4.69) is 10.0 Å². The molecule has 0 fully saturated rings. The molecule has 26 heavy (non-hydrogen) atoms. The fourth-order valence-electron chi connectivity index (χ4n) is 2.14. The molecule has 10 heteroatoms. The van der Waals surface area contributed by atoms with Gasteiger partial charge in [-0.05, 0) is 18.1 Å². The number of rotatable bonds is 10. The highest BCUT2D eigenvalue weighted by molar-refractivity contribution is 7.89. The molecule has 1 amide bonds. The second kappa shape index (κ2) is 9.60.